The van der Waals surface area contributed by atoms with E-state index in [9.17, 15) is 19.7 Å². The molecule has 0 unspecified atom stereocenters. The van der Waals surface area contributed by atoms with E-state index < -0.39 is 23.2 Å². The first-order valence-corrected chi connectivity index (χ1v) is 8.81. The Morgan fingerprint density at radius 1 is 1.26 bits per heavy atom. The van der Waals surface area contributed by atoms with Gasteiger partial charge in [0.05, 0.1) is 24.7 Å². The summed E-state index contributed by atoms with van der Waals surface area (Å²) in [6.45, 7) is 4.91. The van der Waals surface area contributed by atoms with Crippen molar-refractivity contribution in [1.29, 1.82) is 0 Å². The summed E-state index contributed by atoms with van der Waals surface area (Å²) >= 11 is 0. The van der Waals surface area contributed by atoms with Crippen LogP contribution in [0.3, 0.4) is 0 Å². The predicted molar refractivity (Wildman–Crippen MR) is 96.1 cm³/mol. The molecule has 2 rings (SSSR count). The lowest BCUT2D eigenvalue weighted by molar-refractivity contribution is -0.385. The Kier molecular flexibility index (Phi) is 6.98. The summed E-state index contributed by atoms with van der Waals surface area (Å²) in [6.07, 6.45) is 1.81. The summed E-state index contributed by atoms with van der Waals surface area (Å²) in [4.78, 5) is 36.8. The summed E-state index contributed by atoms with van der Waals surface area (Å²) in [5, 5.41) is 11.3. The normalized spacial score (nSPS) is 14.6. The van der Waals surface area contributed by atoms with Gasteiger partial charge in [0.1, 0.15) is 5.56 Å². The van der Waals surface area contributed by atoms with E-state index in [-0.39, 0.29) is 29.6 Å². The number of nitro groups is 1. The molecular formula is C18H24N2O7. The van der Waals surface area contributed by atoms with Gasteiger partial charge in [-0.25, -0.2) is 4.79 Å². The number of carbonyl (C=O) groups is 2. The molecule has 0 aromatic heterocycles. The Morgan fingerprint density at radius 2 is 1.93 bits per heavy atom. The fourth-order valence-corrected chi connectivity index (χ4v) is 2.85. The van der Waals surface area contributed by atoms with Crippen LogP contribution in [-0.2, 0) is 9.53 Å². The van der Waals surface area contributed by atoms with Crippen LogP contribution in [0.25, 0.3) is 0 Å². The Hall–Kier alpha value is -2.84. The molecule has 0 bridgehead atoms. The minimum Gasteiger partial charge on any atom is -0.493 e. The first-order valence-electron chi connectivity index (χ1n) is 8.81. The lowest BCUT2D eigenvalue weighted by Crippen LogP contribution is -2.40. The molecule has 0 N–H and O–H groups in total. The molecule has 1 fully saturated rings. The number of hydrogen-bond acceptors (Lipinski definition) is 7. The highest BCUT2D eigenvalue weighted by Gasteiger charge is 2.27. The molecular weight excluding hydrogens is 356 g/mol. The molecule has 1 aliphatic rings. The highest BCUT2D eigenvalue weighted by molar-refractivity contribution is 5.96. The van der Waals surface area contributed by atoms with Crippen molar-refractivity contribution in [2.45, 2.75) is 26.7 Å². The molecule has 0 saturated carbocycles. The average molecular weight is 380 g/mol. The van der Waals surface area contributed by atoms with E-state index in [2.05, 4.69) is 6.92 Å². The molecule has 1 saturated heterocycles. The first-order chi connectivity index (χ1) is 12.9. The molecule has 0 atom stereocenters. The Labute approximate surface area is 157 Å². The van der Waals surface area contributed by atoms with Crippen molar-refractivity contribution < 1.29 is 28.7 Å². The number of rotatable bonds is 7. The van der Waals surface area contributed by atoms with Crippen molar-refractivity contribution >= 4 is 17.6 Å². The van der Waals surface area contributed by atoms with Crippen molar-refractivity contribution in [3.63, 3.8) is 0 Å². The van der Waals surface area contributed by atoms with Crippen LogP contribution in [0.15, 0.2) is 12.1 Å². The van der Waals surface area contributed by atoms with Gasteiger partial charge in [-0.2, -0.15) is 0 Å². The van der Waals surface area contributed by atoms with Gasteiger partial charge in [-0.05, 0) is 25.7 Å². The quantitative estimate of drug-likeness (QED) is 0.406. The highest BCUT2D eigenvalue weighted by atomic mass is 16.6. The maximum atomic E-state index is 12.4. The number of methoxy groups -OCH3 is 1. The monoisotopic (exact) mass is 380 g/mol. The summed E-state index contributed by atoms with van der Waals surface area (Å²) in [6, 6.07) is 2.31. The minimum absolute atomic E-state index is 0.154. The Bertz CT molecular complexity index is 712. The Balaban J connectivity index is 2.12. The van der Waals surface area contributed by atoms with E-state index >= 15 is 0 Å². The maximum Gasteiger partial charge on any atom is 0.345 e. The van der Waals surface area contributed by atoms with Gasteiger partial charge in [-0.3, -0.25) is 14.9 Å². The fourth-order valence-electron chi connectivity index (χ4n) is 2.85. The zero-order chi connectivity index (χ0) is 20.0. The van der Waals surface area contributed by atoms with Crippen molar-refractivity contribution in [1.82, 2.24) is 4.90 Å². The summed E-state index contributed by atoms with van der Waals surface area (Å²) in [5.41, 5.74) is -0.760. The molecule has 1 aromatic carbocycles. The molecule has 0 radical (unpaired) electrons. The van der Waals surface area contributed by atoms with Crippen LogP contribution in [0, 0.1) is 16.0 Å². The number of piperidine rings is 1. The topological polar surface area (TPSA) is 108 Å². The molecule has 9 nitrogen and oxygen atoms in total. The van der Waals surface area contributed by atoms with Crippen LogP contribution < -0.4 is 9.47 Å². The Morgan fingerprint density at radius 3 is 2.48 bits per heavy atom. The third kappa shape index (κ3) is 5.08. The van der Waals surface area contributed by atoms with Crippen LogP contribution in [0.1, 0.15) is 37.0 Å². The number of nitrogens with zero attached hydrogens (tertiary/aromatic N) is 2. The average Bonchev–Trinajstić information content (AvgIpc) is 2.66. The van der Waals surface area contributed by atoms with Gasteiger partial charge >= 0.3 is 5.97 Å². The minimum atomic E-state index is -0.957. The van der Waals surface area contributed by atoms with E-state index in [1.54, 1.807) is 11.8 Å². The highest BCUT2D eigenvalue weighted by Crippen LogP contribution is 2.35. The van der Waals surface area contributed by atoms with Crippen molar-refractivity contribution in [3.8, 4) is 11.5 Å². The second-order valence-corrected chi connectivity index (χ2v) is 6.35. The van der Waals surface area contributed by atoms with Gasteiger partial charge in [0.25, 0.3) is 11.6 Å². The molecule has 1 heterocycles. The predicted octanol–water partition coefficient (Wildman–Crippen LogP) is 2.42. The number of hydrogen-bond donors (Lipinski definition) is 0. The van der Waals surface area contributed by atoms with Gasteiger partial charge in [-0.15, -0.1) is 0 Å². The maximum absolute atomic E-state index is 12.4. The SMILES string of the molecule is CCOc1cc([N+](=O)[O-])c(C(=O)OCC(=O)N2CCC(C)CC2)cc1OC. The zero-order valence-electron chi connectivity index (χ0n) is 15.7. The number of benzene rings is 1. The number of nitro benzene ring substituents is 1. The van der Waals surface area contributed by atoms with Gasteiger partial charge in [0.15, 0.2) is 18.1 Å². The van der Waals surface area contributed by atoms with Gasteiger partial charge in [0, 0.05) is 19.2 Å². The largest absolute Gasteiger partial charge is 0.493 e. The number of esters is 1. The molecule has 1 aromatic rings. The summed E-state index contributed by atoms with van der Waals surface area (Å²) < 4.78 is 15.5. The number of ether oxygens (including phenoxy) is 3. The molecule has 27 heavy (non-hydrogen) atoms. The molecule has 1 aliphatic heterocycles. The number of amides is 1. The smallest absolute Gasteiger partial charge is 0.345 e. The molecule has 0 aliphatic carbocycles. The lowest BCUT2D eigenvalue weighted by Gasteiger charge is -2.30. The van der Waals surface area contributed by atoms with Crippen LogP contribution in [0.4, 0.5) is 5.69 Å². The van der Waals surface area contributed by atoms with Crippen LogP contribution in [0.5, 0.6) is 11.5 Å². The second kappa shape index (κ2) is 9.20. The third-order valence-corrected chi connectivity index (χ3v) is 4.46. The van der Waals surface area contributed by atoms with Crippen LogP contribution >= 0.6 is 0 Å². The molecule has 0 spiro atoms. The van der Waals surface area contributed by atoms with Gasteiger partial charge in [0.2, 0.25) is 0 Å². The van der Waals surface area contributed by atoms with E-state index in [0.717, 1.165) is 18.9 Å². The van der Waals surface area contributed by atoms with Gasteiger partial charge in [-0.1, -0.05) is 6.92 Å². The molecule has 9 heteroatoms. The summed E-state index contributed by atoms with van der Waals surface area (Å²) in [7, 11) is 1.36. The molecule has 148 valence electrons. The fraction of sp³-hybridized carbons (Fsp3) is 0.556. The lowest BCUT2D eigenvalue weighted by atomic mass is 9.99. The molecule has 1 amide bonds. The van der Waals surface area contributed by atoms with E-state index in [0.29, 0.717) is 19.0 Å². The standard InChI is InChI=1S/C18H24N2O7/c1-4-26-16-10-14(20(23)24)13(9-15(16)25-3)18(22)27-11-17(21)19-7-5-12(2)6-8-19/h9-10,12H,4-8,11H2,1-3H3. The van der Waals surface area contributed by atoms with Crippen molar-refractivity contribution in [2.75, 3.05) is 33.4 Å². The zero-order valence-corrected chi connectivity index (χ0v) is 15.7. The van der Waals surface area contributed by atoms with Crippen molar-refractivity contribution in [2.24, 2.45) is 5.92 Å². The van der Waals surface area contributed by atoms with E-state index in [1.165, 1.54) is 13.2 Å². The first kappa shape index (κ1) is 20.5. The number of carbonyl (C=O) groups excluding carboxylic acids is 2. The van der Waals surface area contributed by atoms with E-state index in [4.69, 9.17) is 14.2 Å². The van der Waals surface area contributed by atoms with Crippen LogP contribution in [-0.4, -0.2) is 55.1 Å². The van der Waals surface area contributed by atoms with Gasteiger partial charge < -0.3 is 19.1 Å². The summed E-state index contributed by atoms with van der Waals surface area (Å²) in [5.74, 6) is -0.374. The third-order valence-electron chi connectivity index (χ3n) is 4.46. The second-order valence-electron chi connectivity index (χ2n) is 6.35. The van der Waals surface area contributed by atoms with Crippen molar-refractivity contribution in [3.05, 3.63) is 27.8 Å². The number of likely N-dealkylation sites (tertiary alicyclic amines) is 1. The van der Waals surface area contributed by atoms with E-state index in [1.807, 2.05) is 0 Å². The van der Waals surface area contributed by atoms with Crippen LogP contribution in [0.2, 0.25) is 0 Å².